The fourth-order valence-corrected chi connectivity index (χ4v) is 3.58. The third-order valence-electron chi connectivity index (χ3n) is 3.98. The molecule has 0 aromatic carbocycles. The summed E-state index contributed by atoms with van der Waals surface area (Å²) in [6.45, 7) is 5.14. The van der Waals surface area contributed by atoms with E-state index in [4.69, 9.17) is 5.26 Å². The third kappa shape index (κ3) is 6.38. The molecule has 0 unspecified atom stereocenters. The molecule has 0 aliphatic carbocycles. The van der Waals surface area contributed by atoms with Crippen molar-refractivity contribution in [3.8, 4) is 6.07 Å². The molecule has 1 fully saturated rings. The maximum Gasteiger partial charge on any atom is 0.287 e. The van der Waals surface area contributed by atoms with Gasteiger partial charge in [-0.25, -0.2) is 4.98 Å². The first kappa shape index (κ1) is 19.2. The van der Waals surface area contributed by atoms with Crippen molar-refractivity contribution in [1.82, 2.24) is 20.2 Å². The number of carbonyl (C=O) groups excluding carboxylic acids is 1. The summed E-state index contributed by atoms with van der Waals surface area (Å²) in [5, 5.41) is 11.4. The highest BCUT2D eigenvalue weighted by Crippen LogP contribution is 2.09. The number of hydrogen-bond donors (Lipinski definition) is 2. The first-order valence-electron chi connectivity index (χ1n) is 8.25. The average Bonchev–Trinajstić information content (AvgIpc) is 3.11. The molecule has 2 N–H and O–H groups in total. The Kier molecular flexibility index (Phi) is 7.73. The van der Waals surface area contributed by atoms with E-state index in [9.17, 15) is 9.35 Å². The van der Waals surface area contributed by atoms with Gasteiger partial charge >= 0.3 is 0 Å². The van der Waals surface area contributed by atoms with Crippen LogP contribution in [0.2, 0.25) is 0 Å². The first-order chi connectivity index (χ1) is 12.1. The van der Waals surface area contributed by atoms with Crippen LogP contribution in [-0.4, -0.2) is 63.0 Å². The van der Waals surface area contributed by atoms with Crippen molar-refractivity contribution in [2.75, 3.05) is 37.7 Å². The van der Waals surface area contributed by atoms with E-state index in [1.165, 1.54) is 11.8 Å². The fourth-order valence-electron chi connectivity index (χ4n) is 2.45. The van der Waals surface area contributed by atoms with Gasteiger partial charge in [0.15, 0.2) is 11.5 Å². The summed E-state index contributed by atoms with van der Waals surface area (Å²) in [7, 11) is 0. The smallest absolute Gasteiger partial charge is 0.287 e. The molecule has 7 nitrogen and oxygen atoms in total. The second kappa shape index (κ2) is 10.0. The minimum absolute atomic E-state index is 0.138. The molecule has 2 rings (SSSR count). The van der Waals surface area contributed by atoms with Crippen LogP contribution >= 0.6 is 0 Å². The number of aromatic nitrogens is 2. The number of nitrogens with one attached hydrogen (secondary N) is 2. The second-order valence-corrected chi connectivity index (χ2v) is 7.36. The Balaban J connectivity index is 1.70. The van der Waals surface area contributed by atoms with E-state index in [0.717, 1.165) is 37.6 Å². The van der Waals surface area contributed by atoms with Gasteiger partial charge < -0.3 is 14.9 Å². The number of allylic oxidation sites excluding steroid dienone is 2. The minimum atomic E-state index is -0.639. The summed E-state index contributed by atoms with van der Waals surface area (Å²) in [5.41, 5.74) is 1.39. The quantitative estimate of drug-likeness (QED) is 0.556. The number of nitrogens with zero attached hydrogens (tertiary/aromatic N) is 3. The molecule has 0 saturated carbocycles. The highest BCUT2D eigenvalue weighted by Gasteiger charge is 2.18. The lowest BCUT2D eigenvalue weighted by Gasteiger charge is -2.28. The molecule has 134 valence electrons. The van der Waals surface area contributed by atoms with Gasteiger partial charge in [-0.2, -0.15) is 5.26 Å². The van der Waals surface area contributed by atoms with Crippen LogP contribution in [0, 0.1) is 11.3 Å². The van der Waals surface area contributed by atoms with Crippen molar-refractivity contribution >= 4 is 17.1 Å². The number of H-pyrrole nitrogens is 1. The highest BCUT2D eigenvalue weighted by atomic mass is 32.2. The summed E-state index contributed by atoms with van der Waals surface area (Å²) >= 11 is -0.639. The molecule has 0 radical (unpaired) electrons. The van der Waals surface area contributed by atoms with Crippen molar-refractivity contribution in [1.29, 1.82) is 5.26 Å². The zero-order chi connectivity index (χ0) is 18.1. The van der Waals surface area contributed by atoms with Gasteiger partial charge in [-0.3, -0.25) is 9.69 Å². The number of imidazole rings is 1. The molecule has 1 aliphatic heterocycles. The summed E-state index contributed by atoms with van der Waals surface area (Å²) in [6.07, 6.45) is 8.29. The van der Waals surface area contributed by atoms with Gasteiger partial charge in [-0.15, -0.1) is 0 Å². The Labute approximate surface area is 151 Å². The van der Waals surface area contributed by atoms with Crippen LogP contribution < -0.4 is 5.32 Å². The van der Waals surface area contributed by atoms with Gasteiger partial charge in [-0.05, 0) is 13.3 Å². The van der Waals surface area contributed by atoms with E-state index >= 15 is 0 Å². The molecule has 0 bridgehead atoms. The number of carbonyl (C=O) groups is 1. The highest BCUT2D eigenvalue weighted by molar-refractivity contribution is 7.91. The van der Waals surface area contributed by atoms with Gasteiger partial charge in [0.25, 0.3) is 5.91 Å². The van der Waals surface area contributed by atoms with E-state index < -0.39 is 11.2 Å². The first-order valence-corrected chi connectivity index (χ1v) is 9.74. The zero-order valence-electron chi connectivity index (χ0n) is 14.3. The monoisotopic (exact) mass is 361 g/mol. The van der Waals surface area contributed by atoms with Crippen molar-refractivity contribution in [2.24, 2.45) is 0 Å². The maximum absolute atomic E-state index is 11.9. The predicted octanol–water partition coefficient (Wildman–Crippen LogP) is 0.968. The van der Waals surface area contributed by atoms with Gasteiger partial charge in [0.05, 0.1) is 0 Å². The van der Waals surface area contributed by atoms with Crippen LogP contribution in [-0.2, 0) is 11.2 Å². The van der Waals surface area contributed by atoms with Gasteiger partial charge in [0.1, 0.15) is 17.6 Å². The van der Waals surface area contributed by atoms with Crippen LogP contribution in [0.15, 0.2) is 30.0 Å². The van der Waals surface area contributed by atoms with Crippen LogP contribution in [0.4, 0.5) is 0 Å². The van der Waals surface area contributed by atoms with Crippen LogP contribution in [0.3, 0.4) is 0 Å². The molecule has 1 aliphatic rings. The normalized spacial score (nSPS) is 16.9. The lowest BCUT2D eigenvalue weighted by atomic mass is 10.1. The maximum atomic E-state index is 11.9. The Morgan fingerprint density at radius 1 is 1.56 bits per heavy atom. The molecular formula is C17H23N5O2S. The van der Waals surface area contributed by atoms with E-state index in [0.29, 0.717) is 6.54 Å². The fraction of sp³-hybridized carbons (Fsp3) is 0.471. The number of hydrogen-bond acceptors (Lipinski definition) is 5. The van der Waals surface area contributed by atoms with Crippen LogP contribution in [0.1, 0.15) is 29.7 Å². The average molecular weight is 361 g/mol. The Hall–Kier alpha value is -2.08. The lowest BCUT2D eigenvalue weighted by Crippen LogP contribution is -2.40. The summed E-state index contributed by atoms with van der Waals surface area (Å²) in [5.74, 6) is 1.34. The summed E-state index contributed by atoms with van der Waals surface area (Å²) < 4.78 is 11.4. The molecule has 1 amide bonds. The van der Waals surface area contributed by atoms with Crippen molar-refractivity contribution in [3.05, 3.63) is 41.5 Å². The molecule has 1 aromatic rings. The minimum Gasteiger partial charge on any atom is -0.616 e. The van der Waals surface area contributed by atoms with Crippen molar-refractivity contribution in [2.45, 2.75) is 13.3 Å². The lowest BCUT2D eigenvalue weighted by molar-refractivity contribution is 0.0948. The number of aromatic amines is 1. The SMILES string of the molecule is C/C=C(\C=C/CNC(=O)c1nc(C#N)c[nH]1)CCN1CC[S+]([O-])CC1. The topological polar surface area (TPSA) is 108 Å². The molecule has 8 heteroatoms. The van der Waals surface area contributed by atoms with E-state index in [-0.39, 0.29) is 17.4 Å². The standard InChI is InChI=1S/C17H23N5O2S/c1-2-14(5-7-22-8-10-25(24)11-9-22)4-3-6-19-17(23)16-20-13-15(12-18)21-16/h2-4,13H,5-11H2,1H3,(H,19,23)(H,20,21)/b4-3-,14-2+. The third-order valence-corrected chi connectivity index (χ3v) is 5.25. The molecule has 1 aromatic heterocycles. The number of rotatable bonds is 7. The van der Waals surface area contributed by atoms with E-state index in [1.54, 1.807) is 0 Å². The molecule has 0 atom stereocenters. The number of nitriles is 1. The van der Waals surface area contributed by atoms with Crippen LogP contribution in [0.5, 0.6) is 0 Å². The zero-order valence-corrected chi connectivity index (χ0v) is 15.1. The number of amides is 1. The van der Waals surface area contributed by atoms with Crippen LogP contribution in [0.25, 0.3) is 0 Å². The second-order valence-electron chi connectivity index (χ2n) is 5.66. The Morgan fingerprint density at radius 2 is 2.32 bits per heavy atom. The molecule has 0 spiro atoms. The molecule has 2 heterocycles. The predicted molar refractivity (Wildman–Crippen MR) is 97.5 cm³/mol. The Morgan fingerprint density at radius 3 is 2.96 bits per heavy atom. The molecule has 1 saturated heterocycles. The van der Waals surface area contributed by atoms with Gasteiger partial charge in [0, 0.05) is 32.4 Å². The summed E-state index contributed by atoms with van der Waals surface area (Å²) in [6, 6.07) is 1.87. The Bertz CT molecular complexity index is 669. The molecular weight excluding hydrogens is 338 g/mol. The summed E-state index contributed by atoms with van der Waals surface area (Å²) in [4.78, 5) is 20.7. The molecule has 25 heavy (non-hydrogen) atoms. The van der Waals surface area contributed by atoms with E-state index in [1.807, 2.05) is 25.1 Å². The van der Waals surface area contributed by atoms with Crippen molar-refractivity contribution in [3.63, 3.8) is 0 Å². The van der Waals surface area contributed by atoms with Crippen molar-refractivity contribution < 1.29 is 9.35 Å². The van der Waals surface area contributed by atoms with Gasteiger partial charge in [-0.1, -0.05) is 35.0 Å². The van der Waals surface area contributed by atoms with E-state index in [2.05, 4.69) is 26.3 Å². The van der Waals surface area contributed by atoms with Gasteiger partial charge in [0.2, 0.25) is 0 Å². The largest absolute Gasteiger partial charge is 0.616 e.